The van der Waals surface area contributed by atoms with Gasteiger partial charge >= 0.3 is 0 Å². The van der Waals surface area contributed by atoms with Crippen LogP contribution in [0, 0.1) is 0 Å². The SMILES string of the molecule is C=C(CCC)C1=NC(N)=c2ncn(C3CCCCO3)c2=C=C1. The van der Waals surface area contributed by atoms with Crippen molar-refractivity contribution >= 4 is 17.3 Å². The van der Waals surface area contributed by atoms with Gasteiger partial charge in [0.05, 0.1) is 12.0 Å². The molecule has 2 N–H and O–H groups in total. The molecule has 0 spiro atoms. The topological polar surface area (TPSA) is 65.4 Å². The minimum absolute atomic E-state index is 0.0130. The van der Waals surface area contributed by atoms with Crippen molar-refractivity contribution in [3.8, 4) is 0 Å². The van der Waals surface area contributed by atoms with Crippen molar-refractivity contribution < 1.29 is 4.74 Å². The monoisotopic (exact) mass is 298 g/mol. The van der Waals surface area contributed by atoms with E-state index in [0.717, 1.165) is 55.3 Å². The molecule has 1 atom stereocenters. The number of hydrogen-bond acceptors (Lipinski definition) is 4. The maximum Gasteiger partial charge on any atom is 0.152 e. The Morgan fingerprint density at radius 1 is 1.55 bits per heavy atom. The second-order valence-electron chi connectivity index (χ2n) is 5.69. The molecule has 0 radical (unpaired) electrons. The van der Waals surface area contributed by atoms with Crippen molar-refractivity contribution in [1.29, 1.82) is 0 Å². The van der Waals surface area contributed by atoms with Gasteiger partial charge in [-0.15, -0.1) is 0 Å². The van der Waals surface area contributed by atoms with Crippen molar-refractivity contribution in [3.05, 3.63) is 35.3 Å². The summed E-state index contributed by atoms with van der Waals surface area (Å²) in [5, 5.41) is 1.51. The molecular formula is C17H22N4O. The fraction of sp³-hybridized carbons (Fsp3) is 0.471. The van der Waals surface area contributed by atoms with Crippen LogP contribution in [0.4, 0.5) is 0 Å². The molecule has 1 aromatic heterocycles. The first-order valence-corrected chi connectivity index (χ1v) is 7.88. The maximum atomic E-state index is 6.12. The van der Waals surface area contributed by atoms with Crippen LogP contribution < -0.4 is 16.4 Å². The van der Waals surface area contributed by atoms with E-state index >= 15 is 0 Å². The lowest BCUT2D eigenvalue weighted by molar-refractivity contribution is -0.0335. The molecular weight excluding hydrogens is 276 g/mol. The summed E-state index contributed by atoms with van der Waals surface area (Å²) in [7, 11) is 0. The molecule has 1 fully saturated rings. The highest BCUT2D eigenvalue weighted by molar-refractivity contribution is 6.10. The van der Waals surface area contributed by atoms with Crippen molar-refractivity contribution in [2.75, 3.05) is 6.61 Å². The normalized spacial score (nSPS) is 20.9. The second-order valence-corrected chi connectivity index (χ2v) is 5.69. The molecule has 3 rings (SSSR count). The van der Waals surface area contributed by atoms with Gasteiger partial charge in [-0.2, -0.15) is 0 Å². The Morgan fingerprint density at radius 2 is 2.41 bits per heavy atom. The van der Waals surface area contributed by atoms with Gasteiger partial charge in [0, 0.05) is 12.7 Å². The van der Waals surface area contributed by atoms with Crippen LogP contribution in [0.15, 0.2) is 29.5 Å². The predicted octanol–water partition coefficient (Wildman–Crippen LogP) is 1.35. The van der Waals surface area contributed by atoms with Gasteiger partial charge in [-0.1, -0.05) is 25.7 Å². The van der Waals surface area contributed by atoms with Gasteiger partial charge in [0.2, 0.25) is 0 Å². The van der Waals surface area contributed by atoms with Crippen molar-refractivity contribution in [1.82, 2.24) is 9.55 Å². The lowest BCUT2D eigenvalue weighted by atomic mass is 10.1. The average Bonchev–Trinajstić information content (AvgIpc) is 2.89. The molecule has 2 aliphatic rings. The number of ether oxygens (including phenoxy) is 1. The van der Waals surface area contributed by atoms with E-state index < -0.39 is 0 Å². The van der Waals surface area contributed by atoms with Crippen molar-refractivity contribution in [3.63, 3.8) is 0 Å². The Kier molecular flexibility index (Phi) is 4.27. The summed E-state index contributed by atoms with van der Waals surface area (Å²) in [5.41, 5.74) is 11.2. The van der Waals surface area contributed by atoms with Gasteiger partial charge in [-0.05, 0) is 31.3 Å². The summed E-state index contributed by atoms with van der Waals surface area (Å²) in [6, 6.07) is 0. The number of hydrogen-bond donors (Lipinski definition) is 1. The highest BCUT2D eigenvalue weighted by Crippen LogP contribution is 2.20. The third kappa shape index (κ3) is 2.78. The Bertz CT molecular complexity index is 759. The first-order chi connectivity index (χ1) is 10.7. The number of allylic oxidation sites excluding steroid dienone is 2. The van der Waals surface area contributed by atoms with Crippen molar-refractivity contribution in [2.45, 2.75) is 45.3 Å². The molecule has 5 nitrogen and oxygen atoms in total. The number of nitrogens with zero attached hydrogens (tertiary/aromatic N) is 3. The van der Waals surface area contributed by atoms with E-state index in [1.165, 1.54) is 0 Å². The quantitative estimate of drug-likeness (QED) is 0.912. The molecule has 0 amide bonds. The molecule has 1 aromatic rings. The Morgan fingerprint density at radius 3 is 3.14 bits per heavy atom. The third-order valence-corrected chi connectivity index (χ3v) is 4.00. The van der Waals surface area contributed by atoms with E-state index in [2.05, 4.69) is 29.2 Å². The predicted molar refractivity (Wildman–Crippen MR) is 87.4 cm³/mol. The summed E-state index contributed by atoms with van der Waals surface area (Å²) in [4.78, 5) is 8.89. The van der Waals surface area contributed by atoms with E-state index in [4.69, 9.17) is 10.5 Å². The summed E-state index contributed by atoms with van der Waals surface area (Å²) in [6.07, 6.45) is 8.83. The number of aromatic nitrogens is 2. The van der Waals surface area contributed by atoms with E-state index in [9.17, 15) is 0 Å². The second kappa shape index (κ2) is 6.34. The molecule has 22 heavy (non-hydrogen) atoms. The molecule has 2 aliphatic heterocycles. The molecule has 0 aliphatic carbocycles. The van der Waals surface area contributed by atoms with Gasteiger partial charge in [-0.25, -0.2) is 9.98 Å². The minimum Gasteiger partial charge on any atom is -0.382 e. The highest BCUT2D eigenvalue weighted by atomic mass is 16.5. The summed E-state index contributed by atoms with van der Waals surface area (Å²) in [5.74, 6) is 0.415. The van der Waals surface area contributed by atoms with E-state index in [1.807, 2.05) is 10.6 Å². The number of rotatable bonds is 4. The molecule has 116 valence electrons. The van der Waals surface area contributed by atoms with Crippen LogP contribution in [0.1, 0.15) is 45.3 Å². The number of aliphatic imine (C=N–C) groups is 1. The van der Waals surface area contributed by atoms with Gasteiger partial charge in [0.15, 0.2) is 5.82 Å². The van der Waals surface area contributed by atoms with Crippen LogP contribution in [0.2, 0.25) is 0 Å². The molecule has 1 saturated heterocycles. The van der Waals surface area contributed by atoms with Gasteiger partial charge < -0.3 is 10.5 Å². The van der Waals surface area contributed by atoms with Crippen LogP contribution in [-0.4, -0.2) is 21.9 Å². The molecule has 0 bridgehead atoms. The molecule has 3 heterocycles. The van der Waals surface area contributed by atoms with Gasteiger partial charge in [0.1, 0.15) is 16.9 Å². The van der Waals surface area contributed by atoms with Crippen LogP contribution in [0.3, 0.4) is 0 Å². The zero-order valence-electron chi connectivity index (χ0n) is 13.0. The van der Waals surface area contributed by atoms with Crippen LogP contribution in [0.25, 0.3) is 11.6 Å². The molecule has 0 saturated carbocycles. The number of fused-ring (bicyclic) bond motifs is 1. The van der Waals surface area contributed by atoms with E-state index in [1.54, 1.807) is 6.33 Å². The highest BCUT2D eigenvalue weighted by Gasteiger charge is 2.18. The Labute approximate surface area is 130 Å². The lowest BCUT2D eigenvalue weighted by Crippen LogP contribution is -2.35. The largest absolute Gasteiger partial charge is 0.382 e. The van der Waals surface area contributed by atoms with Gasteiger partial charge in [-0.3, -0.25) is 4.57 Å². The maximum absolute atomic E-state index is 6.12. The summed E-state index contributed by atoms with van der Waals surface area (Å²) in [6.45, 7) is 6.99. The molecule has 0 aromatic carbocycles. The number of nitrogens with two attached hydrogens (primary N) is 1. The fourth-order valence-electron chi connectivity index (χ4n) is 2.82. The standard InChI is InChI=1S/C17H22N4O/c1-3-6-12(2)13-8-9-14-16(17(18)20-13)19-11-21(14)15-7-4-5-10-22-15/h8,11,15H,2-7,10,18H2,1H3. The van der Waals surface area contributed by atoms with Crippen molar-refractivity contribution in [2.24, 2.45) is 10.7 Å². The average molecular weight is 298 g/mol. The van der Waals surface area contributed by atoms with E-state index in [0.29, 0.717) is 11.2 Å². The van der Waals surface area contributed by atoms with Gasteiger partial charge in [0.25, 0.3) is 0 Å². The minimum atomic E-state index is 0.0130. The Hall–Kier alpha value is -2.10. The van der Waals surface area contributed by atoms with E-state index in [-0.39, 0.29) is 6.23 Å². The number of imidazole rings is 1. The first kappa shape index (κ1) is 14.8. The van der Waals surface area contributed by atoms with Crippen LogP contribution >= 0.6 is 0 Å². The van der Waals surface area contributed by atoms with Crippen LogP contribution in [0.5, 0.6) is 0 Å². The zero-order valence-corrected chi connectivity index (χ0v) is 13.0. The zero-order chi connectivity index (χ0) is 15.5. The summed E-state index contributed by atoms with van der Waals surface area (Å²) >= 11 is 0. The fourth-order valence-corrected chi connectivity index (χ4v) is 2.82. The molecule has 5 heteroatoms. The summed E-state index contributed by atoms with van der Waals surface area (Å²) < 4.78 is 7.85. The first-order valence-electron chi connectivity index (χ1n) is 7.88. The van der Waals surface area contributed by atoms with Crippen LogP contribution in [-0.2, 0) is 4.74 Å². The lowest BCUT2D eigenvalue weighted by Gasteiger charge is -2.23. The Balaban J connectivity index is 2.06. The smallest absolute Gasteiger partial charge is 0.152 e. The third-order valence-electron chi connectivity index (χ3n) is 4.00. The molecule has 1 unspecified atom stereocenters.